The lowest BCUT2D eigenvalue weighted by atomic mass is 9.83. The molecular formula is C30H25ClFN. The Balaban J connectivity index is 1.94. The van der Waals surface area contributed by atoms with E-state index in [1.165, 1.54) is 12.1 Å². The highest BCUT2D eigenvalue weighted by Gasteiger charge is 2.20. The molecule has 3 aromatic carbocycles. The van der Waals surface area contributed by atoms with Crippen molar-refractivity contribution >= 4 is 22.5 Å². The minimum absolute atomic E-state index is 0.0982. The maximum Gasteiger partial charge on any atom is 0.137 e. The van der Waals surface area contributed by atoms with Crippen molar-refractivity contribution in [1.82, 2.24) is 4.98 Å². The normalized spacial score (nSPS) is 12.9. The van der Waals surface area contributed by atoms with Crippen LogP contribution in [0.15, 0.2) is 109 Å². The highest BCUT2D eigenvalue weighted by atomic mass is 35.5. The van der Waals surface area contributed by atoms with E-state index in [-0.39, 0.29) is 11.7 Å². The van der Waals surface area contributed by atoms with Crippen molar-refractivity contribution in [2.75, 3.05) is 0 Å². The third-order valence-corrected chi connectivity index (χ3v) is 6.15. The van der Waals surface area contributed by atoms with Gasteiger partial charge in [0.15, 0.2) is 0 Å². The molecular weight excluding hydrogens is 429 g/mol. The predicted molar refractivity (Wildman–Crippen MR) is 138 cm³/mol. The summed E-state index contributed by atoms with van der Waals surface area (Å²) in [4.78, 5) is 4.68. The summed E-state index contributed by atoms with van der Waals surface area (Å²) in [5.41, 5.74) is 7.00. The van der Waals surface area contributed by atoms with E-state index < -0.39 is 0 Å². The number of aryl methyl sites for hydroxylation is 1. The van der Waals surface area contributed by atoms with Crippen molar-refractivity contribution in [2.45, 2.75) is 19.8 Å². The standard InChI is InChI=1S/C30H25ClFN/c1-4-6-10-21(5-2)29(23-13-16-25(32)17-14-23)24-15-18-27-26(19-24)20(3)28(30(31)33-27)22-11-8-7-9-12-22/h4-19,29H,2H2,1,3H3/b6-4-,21-10+. The van der Waals surface area contributed by atoms with E-state index in [2.05, 4.69) is 30.6 Å². The largest absolute Gasteiger partial charge is 0.235 e. The maximum absolute atomic E-state index is 13.7. The van der Waals surface area contributed by atoms with E-state index in [1.54, 1.807) is 0 Å². The first-order valence-electron chi connectivity index (χ1n) is 10.9. The number of aromatic nitrogens is 1. The summed E-state index contributed by atoms with van der Waals surface area (Å²) in [6, 6.07) is 23.0. The number of halogens is 2. The molecule has 4 aromatic rings. The maximum atomic E-state index is 13.7. The van der Waals surface area contributed by atoms with Gasteiger partial charge in [-0.15, -0.1) is 0 Å². The average molecular weight is 454 g/mol. The summed E-state index contributed by atoms with van der Waals surface area (Å²) >= 11 is 6.61. The number of fused-ring (bicyclic) bond motifs is 1. The Hall–Kier alpha value is -3.49. The predicted octanol–water partition coefficient (Wildman–Crippen LogP) is 8.82. The first-order valence-corrected chi connectivity index (χ1v) is 11.3. The van der Waals surface area contributed by atoms with Gasteiger partial charge in [-0.05, 0) is 65.9 Å². The van der Waals surface area contributed by atoms with Gasteiger partial charge in [-0.2, -0.15) is 0 Å². The Morgan fingerprint density at radius 1 is 1.00 bits per heavy atom. The van der Waals surface area contributed by atoms with E-state index in [9.17, 15) is 4.39 Å². The molecule has 0 aliphatic rings. The van der Waals surface area contributed by atoms with Crippen LogP contribution >= 0.6 is 11.6 Å². The van der Waals surface area contributed by atoms with Crippen LogP contribution in [0.1, 0.15) is 29.5 Å². The van der Waals surface area contributed by atoms with Crippen molar-refractivity contribution in [2.24, 2.45) is 0 Å². The highest BCUT2D eigenvalue weighted by molar-refractivity contribution is 6.33. The van der Waals surface area contributed by atoms with Gasteiger partial charge in [0.25, 0.3) is 0 Å². The Morgan fingerprint density at radius 2 is 1.70 bits per heavy atom. The van der Waals surface area contributed by atoms with Crippen molar-refractivity contribution in [1.29, 1.82) is 0 Å². The second-order valence-corrected chi connectivity index (χ2v) is 8.28. The summed E-state index contributed by atoms with van der Waals surface area (Å²) in [6.07, 6.45) is 7.89. The molecule has 3 heteroatoms. The highest BCUT2D eigenvalue weighted by Crippen LogP contribution is 2.38. The van der Waals surface area contributed by atoms with Gasteiger partial charge >= 0.3 is 0 Å². The van der Waals surface area contributed by atoms with E-state index in [4.69, 9.17) is 11.6 Å². The number of hydrogen-bond donors (Lipinski definition) is 0. The molecule has 0 amide bonds. The average Bonchev–Trinajstić information content (AvgIpc) is 2.83. The van der Waals surface area contributed by atoms with Crippen LogP contribution in [0.25, 0.3) is 22.0 Å². The quantitative estimate of drug-likeness (QED) is 0.210. The molecule has 1 aromatic heterocycles. The summed E-state index contributed by atoms with van der Waals surface area (Å²) in [5.74, 6) is -0.352. The monoisotopic (exact) mass is 453 g/mol. The molecule has 4 rings (SSSR count). The molecule has 1 atom stereocenters. The Bertz CT molecular complexity index is 1350. The molecule has 1 nitrogen and oxygen atoms in total. The van der Waals surface area contributed by atoms with Gasteiger partial charge in [0.05, 0.1) is 5.52 Å². The molecule has 1 heterocycles. The topological polar surface area (TPSA) is 12.9 Å². The van der Waals surface area contributed by atoms with Crippen LogP contribution in [-0.2, 0) is 0 Å². The second-order valence-electron chi connectivity index (χ2n) is 7.93. The zero-order chi connectivity index (χ0) is 23.4. The molecule has 0 spiro atoms. The van der Waals surface area contributed by atoms with Gasteiger partial charge < -0.3 is 0 Å². The van der Waals surface area contributed by atoms with Crippen LogP contribution in [0.4, 0.5) is 4.39 Å². The lowest BCUT2D eigenvalue weighted by Gasteiger charge is -2.21. The fourth-order valence-corrected chi connectivity index (χ4v) is 4.59. The lowest BCUT2D eigenvalue weighted by Crippen LogP contribution is -2.04. The zero-order valence-electron chi connectivity index (χ0n) is 18.7. The molecule has 0 N–H and O–H groups in total. The Kier molecular flexibility index (Phi) is 6.86. The Labute approximate surface area is 199 Å². The summed E-state index contributed by atoms with van der Waals surface area (Å²) in [6.45, 7) is 8.10. The first-order chi connectivity index (χ1) is 16.0. The van der Waals surface area contributed by atoms with Crippen molar-refractivity contribution in [3.63, 3.8) is 0 Å². The van der Waals surface area contributed by atoms with Crippen molar-refractivity contribution < 1.29 is 4.39 Å². The number of hydrogen-bond acceptors (Lipinski definition) is 1. The molecule has 0 aliphatic carbocycles. The van der Waals surface area contributed by atoms with E-state index in [1.807, 2.05) is 79.8 Å². The Morgan fingerprint density at radius 3 is 2.36 bits per heavy atom. The molecule has 0 saturated carbocycles. The molecule has 0 radical (unpaired) electrons. The summed E-state index contributed by atoms with van der Waals surface area (Å²) in [5, 5.41) is 1.53. The SMILES string of the molecule is C=C/C(=C\C=C/C)C(c1ccc(F)cc1)c1ccc2nc(Cl)c(-c3ccccc3)c(C)c2c1. The fourth-order valence-electron chi connectivity index (χ4n) is 4.24. The molecule has 0 bridgehead atoms. The van der Waals surface area contributed by atoms with E-state index >= 15 is 0 Å². The van der Waals surface area contributed by atoms with Gasteiger partial charge in [0.1, 0.15) is 11.0 Å². The van der Waals surface area contributed by atoms with Crippen LogP contribution in [0.3, 0.4) is 0 Å². The van der Waals surface area contributed by atoms with Crippen LogP contribution in [-0.4, -0.2) is 4.98 Å². The molecule has 1 unspecified atom stereocenters. The number of benzene rings is 3. The molecule has 33 heavy (non-hydrogen) atoms. The lowest BCUT2D eigenvalue weighted by molar-refractivity contribution is 0.627. The molecule has 0 saturated heterocycles. The fraction of sp³-hybridized carbons (Fsp3) is 0.100. The minimum atomic E-state index is -0.254. The third-order valence-electron chi connectivity index (χ3n) is 5.87. The number of allylic oxidation sites excluding steroid dienone is 5. The summed E-state index contributed by atoms with van der Waals surface area (Å²) < 4.78 is 13.7. The van der Waals surface area contributed by atoms with Crippen LogP contribution in [0.2, 0.25) is 5.15 Å². The molecule has 164 valence electrons. The van der Waals surface area contributed by atoms with Gasteiger partial charge in [-0.1, -0.05) is 91.0 Å². The van der Waals surface area contributed by atoms with E-state index in [0.717, 1.165) is 44.3 Å². The second kappa shape index (κ2) is 9.97. The molecule has 0 aliphatic heterocycles. The van der Waals surface area contributed by atoms with Crippen LogP contribution in [0, 0.1) is 12.7 Å². The van der Waals surface area contributed by atoms with Gasteiger partial charge in [-0.3, -0.25) is 0 Å². The molecule has 0 fully saturated rings. The zero-order valence-corrected chi connectivity index (χ0v) is 19.5. The van der Waals surface area contributed by atoms with Crippen molar-refractivity contribution in [3.8, 4) is 11.1 Å². The van der Waals surface area contributed by atoms with Gasteiger partial charge in [-0.25, -0.2) is 9.37 Å². The summed E-state index contributed by atoms with van der Waals surface area (Å²) in [7, 11) is 0. The van der Waals surface area contributed by atoms with Crippen LogP contribution in [0.5, 0.6) is 0 Å². The van der Waals surface area contributed by atoms with Crippen LogP contribution < -0.4 is 0 Å². The minimum Gasteiger partial charge on any atom is -0.235 e. The third kappa shape index (κ3) is 4.67. The van der Waals surface area contributed by atoms with Gasteiger partial charge in [0, 0.05) is 16.9 Å². The number of pyridine rings is 1. The first kappa shape index (κ1) is 22.7. The van der Waals surface area contributed by atoms with Gasteiger partial charge in [0.2, 0.25) is 0 Å². The van der Waals surface area contributed by atoms with Crippen molar-refractivity contribution in [3.05, 3.63) is 137 Å². The smallest absolute Gasteiger partial charge is 0.137 e. The number of nitrogens with zero attached hydrogens (tertiary/aromatic N) is 1. The van der Waals surface area contributed by atoms with E-state index in [0.29, 0.717) is 5.15 Å². The number of rotatable bonds is 6.